The molecule has 0 spiro atoms. The maximum atomic E-state index is 11.1. The summed E-state index contributed by atoms with van der Waals surface area (Å²) in [6.45, 7) is 0.123. The quantitative estimate of drug-likeness (QED) is 0.407. The van der Waals surface area contributed by atoms with E-state index in [9.17, 15) is 14.9 Å². The molecule has 0 bridgehead atoms. The van der Waals surface area contributed by atoms with Gasteiger partial charge in [0.25, 0.3) is 5.69 Å². The van der Waals surface area contributed by atoms with Crippen LogP contribution in [0.2, 0.25) is 5.02 Å². The largest absolute Gasteiger partial charge is 0.486 e. The number of nitro benzene ring substituents is 1. The first-order valence-electron chi connectivity index (χ1n) is 6.56. The minimum atomic E-state index is -0.567. The van der Waals surface area contributed by atoms with Gasteiger partial charge in [-0.2, -0.15) is 0 Å². The lowest BCUT2D eigenvalue weighted by Gasteiger charge is -2.06. The summed E-state index contributed by atoms with van der Waals surface area (Å²) in [7, 11) is 0. The van der Waals surface area contributed by atoms with Gasteiger partial charge in [0.2, 0.25) is 0 Å². The molecule has 0 aliphatic carbocycles. The van der Waals surface area contributed by atoms with Crippen LogP contribution in [0.4, 0.5) is 5.69 Å². The highest BCUT2D eigenvalue weighted by Gasteiger charge is 2.12. The number of aromatic nitrogens is 2. The number of rotatable bonds is 5. The fourth-order valence-corrected chi connectivity index (χ4v) is 2.28. The molecular weight excluding hydrogens is 322 g/mol. The van der Waals surface area contributed by atoms with Crippen LogP contribution >= 0.6 is 11.6 Å². The summed E-state index contributed by atoms with van der Waals surface area (Å²) in [5.41, 5.74) is 1.31. The van der Waals surface area contributed by atoms with E-state index in [0.717, 1.165) is 0 Å². The Hall–Kier alpha value is -2.93. The van der Waals surface area contributed by atoms with Gasteiger partial charge in [0, 0.05) is 24.5 Å². The standard InChI is InChI=1S/C15H10ClN3O4/c16-11-1-4-15-17-12(7-18(15)6-11)9-23-14-3-2-13(19(21)22)5-10(14)8-20/h1-8H,9H2. The Balaban J connectivity index is 1.81. The van der Waals surface area contributed by atoms with Crippen LogP contribution in [0.3, 0.4) is 0 Å². The second-order valence-electron chi connectivity index (χ2n) is 4.73. The van der Waals surface area contributed by atoms with Crippen molar-refractivity contribution in [3.05, 3.63) is 69.1 Å². The molecule has 3 aromatic rings. The van der Waals surface area contributed by atoms with Gasteiger partial charge in [-0.3, -0.25) is 14.9 Å². The molecule has 23 heavy (non-hydrogen) atoms. The number of ether oxygens (including phenoxy) is 1. The van der Waals surface area contributed by atoms with Crippen molar-refractivity contribution < 1.29 is 14.5 Å². The average Bonchev–Trinajstić information content (AvgIpc) is 2.94. The summed E-state index contributed by atoms with van der Waals surface area (Å²) in [6.07, 6.45) is 4.00. The molecule has 0 saturated heterocycles. The highest BCUT2D eigenvalue weighted by atomic mass is 35.5. The third-order valence-corrected chi connectivity index (χ3v) is 3.40. The maximum absolute atomic E-state index is 11.1. The van der Waals surface area contributed by atoms with Crippen LogP contribution in [0.5, 0.6) is 5.75 Å². The fraction of sp³-hybridized carbons (Fsp3) is 0.0667. The Bertz CT molecular complexity index is 907. The lowest BCUT2D eigenvalue weighted by Crippen LogP contribution is -1.99. The number of nitro groups is 1. The van der Waals surface area contributed by atoms with Gasteiger partial charge in [-0.25, -0.2) is 4.98 Å². The lowest BCUT2D eigenvalue weighted by atomic mass is 10.2. The minimum absolute atomic E-state index is 0.117. The number of fused-ring (bicyclic) bond motifs is 1. The molecule has 0 radical (unpaired) electrons. The normalized spacial score (nSPS) is 10.7. The molecule has 3 rings (SSSR count). The van der Waals surface area contributed by atoms with E-state index in [-0.39, 0.29) is 23.6 Å². The van der Waals surface area contributed by atoms with E-state index >= 15 is 0 Å². The molecule has 8 heteroatoms. The van der Waals surface area contributed by atoms with E-state index < -0.39 is 4.92 Å². The van der Waals surface area contributed by atoms with Crippen molar-refractivity contribution >= 4 is 29.2 Å². The molecule has 0 N–H and O–H groups in total. The first-order valence-corrected chi connectivity index (χ1v) is 6.94. The molecule has 116 valence electrons. The number of halogens is 1. The second kappa shape index (κ2) is 6.05. The van der Waals surface area contributed by atoms with Gasteiger partial charge in [-0.05, 0) is 18.2 Å². The molecule has 7 nitrogen and oxygen atoms in total. The van der Waals surface area contributed by atoms with Crippen molar-refractivity contribution in [3.8, 4) is 5.75 Å². The van der Waals surface area contributed by atoms with Gasteiger partial charge in [0.15, 0.2) is 6.29 Å². The van der Waals surface area contributed by atoms with E-state index in [1.54, 1.807) is 28.9 Å². The third-order valence-electron chi connectivity index (χ3n) is 3.17. The van der Waals surface area contributed by atoms with Crippen molar-refractivity contribution in [2.75, 3.05) is 0 Å². The zero-order valence-corrected chi connectivity index (χ0v) is 12.4. The molecule has 0 saturated carbocycles. The summed E-state index contributed by atoms with van der Waals surface area (Å²) >= 11 is 5.91. The van der Waals surface area contributed by atoms with E-state index in [1.165, 1.54) is 18.2 Å². The Kier molecular flexibility index (Phi) is 3.94. The van der Waals surface area contributed by atoms with Gasteiger partial charge in [0.05, 0.1) is 21.2 Å². The number of hydrogen-bond acceptors (Lipinski definition) is 5. The number of carbonyl (C=O) groups excluding carboxylic acids is 1. The van der Waals surface area contributed by atoms with Gasteiger partial charge in [0.1, 0.15) is 18.0 Å². The van der Waals surface area contributed by atoms with Crippen molar-refractivity contribution in [1.82, 2.24) is 9.38 Å². The van der Waals surface area contributed by atoms with Crippen LogP contribution in [0.25, 0.3) is 5.65 Å². The number of aldehydes is 1. The Labute approximate surface area is 135 Å². The Morgan fingerprint density at radius 3 is 2.87 bits per heavy atom. The van der Waals surface area contributed by atoms with E-state index in [4.69, 9.17) is 16.3 Å². The number of benzene rings is 1. The van der Waals surface area contributed by atoms with Crippen LogP contribution in [-0.4, -0.2) is 20.6 Å². The molecule has 2 aromatic heterocycles. The van der Waals surface area contributed by atoms with Crippen LogP contribution in [0.15, 0.2) is 42.7 Å². The smallest absolute Gasteiger partial charge is 0.270 e. The van der Waals surface area contributed by atoms with Gasteiger partial charge in [-0.1, -0.05) is 11.6 Å². The molecule has 0 fully saturated rings. The number of imidazole rings is 1. The van der Waals surface area contributed by atoms with E-state index in [0.29, 0.717) is 22.6 Å². The predicted molar refractivity (Wildman–Crippen MR) is 83.0 cm³/mol. The molecule has 0 aliphatic heterocycles. The molecule has 0 aliphatic rings. The summed E-state index contributed by atoms with van der Waals surface area (Å²) in [4.78, 5) is 25.6. The maximum Gasteiger partial charge on any atom is 0.270 e. The number of hydrogen-bond donors (Lipinski definition) is 0. The van der Waals surface area contributed by atoms with Crippen LogP contribution < -0.4 is 4.74 Å². The SMILES string of the molecule is O=Cc1cc([N+](=O)[O-])ccc1OCc1cn2cc(Cl)ccc2n1. The van der Waals surface area contributed by atoms with Crippen molar-refractivity contribution in [2.45, 2.75) is 6.61 Å². The Morgan fingerprint density at radius 1 is 1.30 bits per heavy atom. The molecular formula is C15H10ClN3O4. The first-order chi connectivity index (χ1) is 11.1. The van der Waals surface area contributed by atoms with Gasteiger partial charge >= 0.3 is 0 Å². The molecule has 1 aromatic carbocycles. The molecule has 0 atom stereocenters. The van der Waals surface area contributed by atoms with Crippen LogP contribution in [0, 0.1) is 10.1 Å². The lowest BCUT2D eigenvalue weighted by molar-refractivity contribution is -0.384. The second-order valence-corrected chi connectivity index (χ2v) is 5.17. The minimum Gasteiger partial charge on any atom is -0.486 e. The zero-order chi connectivity index (χ0) is 16.4. The average molecular weight is 332 g/mol. The predicted octanol–water partition coefficient (Wildman–Crippen LogP) is 3.29. The molecule has 2 heterocycles. The third kappa shape index (κ3) is 3.14. The number of non-ortho nitro benzene ring substituents is 1. The highest BCUT2D eigenvalue weighted by molar-refractivity contribution is 6.30. The van der Waals surface area contributed by atoms with Crippen molar-refractivity contribution in [2.24, 2.45) is 0 Å². The highest BCUT2D eigenvalue weighted by Crippen LogP contribution is 2.23. The summed E-state index contributed by atoms with van der Waals surface area (Å²) in [5.74, 6) is 0.265. The summed E-state index contributed by atoms with van der Waals surface area (Å²) < 4.78 is 7.31. The zero-order valence-electron chi connectivity index (χ0n) is 11.7. The number of carbonyl (C=O) groups is 1. The summed E-state index contributed by atoms with van der Waals surface area (Å²) in [6, 6.07) is 7.36. The first kappa shape index (κ1) is 15.0. The van der Waals surface area contributed by atoms with Crippen molar-refractivity contribution in [3.63, 3.8) is 0 Å². The summed E-state index contributed by atoms with van der Waals surface area (Å²) in [5, 5.41) is 11.3. The van der Waals surface area contributed by atoms with Crippen LogP contribution in [0.1, 0.15) is 16.1 Å². The van der Waals surface area contributed by atoms with Crippen LogP contribution in [-0.2, 0) is 6.61 Å². The van der Waals surface area contributed by atoms with E-state index in [1.807, 2.05) is 0 Å². The van der Waals surface area contributed by atoms with Gasteiger partial charge in [-0.15, -0.1) is 0 Å². The molecule has 0 amide bonds. The van der Waals surface area contributed by atoms with Crippen molar-refractivity contribution in [1.29, 1.82) is 0 Å². The topological polar surface area (TPSA) is 86.7 Å². The molecule has 0 unspecified atom stereocenters. The number of nitrogens with zero attached hydrogens (tertiary/aromatic N) is 3. The van der Waals surface area contributed by atoms with E-state index in [2.05, 4.69) is 4.98 Å². The monoisotopic (exact) mass is 331 g/mol. The Morgan fingerprint density at radius 2 is 2.13 bits per heavy atom. The van der Waals surface area contributed by atoms with Gasteiger partial charge < -0.3 is 9.14 Å². The number of pyridine rings is 1. The fourth-order valence-electron chi connectivity index (χ4n) is 2.11.